The van der Waals surface area contributed by atoms with Gasteiger partial charge >= 0.3 is 0 Å². The van der Waals surface area contributed by atoms with Gasteiger partial charge < -0.3 is 19.7 Å². The monoisotopic (exact) mass is 599 g/mol. The summed E-state index contributed by atoms with van der Waals surface area (Å²) in [5, 5.41) is 2.92. The van der Waals surface area contributed by atoms with Gasteiger partial charge in [0.2, 0.25) is 21.8 Å². The van der Waals surface area contributed by atoms with E-state index in [1.807, 2.05) is 44.2 Å². The molecule has 0 spiro atoms. The van der Waals surface area contributed by atoms with Crippen LogP contribution in [0.1, 0.15) is 25.0 Å². The zero-order valence-corrected chi connectivity index (χ0v) is 25.4. The van der Waals surface area contributed by atoms with Gasteiger partial charge in [0.1, 0.15) is 18.4 Å². The quantitative estimate of drug-likeness (QED) is 0.300. The summed E-state index contributed by atoms with van der Waals surface area (Å²) in [6, 6.07) is 18.4. The lowest BCUT2D eigenvalue weighted by atomic mass is 10.0. The first-order chi connectivity index (χ1) is 19.9. The number of benzene rings is 3. The molecule has 42 heavy (non-hydrogen) atoms. The van der Waals surface area contributed by atoms with Crippen molar-refractivity contribution in [3.63, 3.8) is 0 Å². The van der Waals surface area contributed by atoms with Crippen molar-refractivity contribution in [2.75, 3.05) is 37.9 Å². The summed E-state index contributed by atoms with van der Waals surface area (Å²) < 4.78 is 51.2. The summed E-state index contributed by atoms with van der Waals surface area (Å²) in [6.07, 6.45) is 1.19. The number of halogens is 1. The first-order valence-electron chi connectivity index (χ1n) is 13.5. The summed E-state index contributed by atoms with van der Waals surface area (Å²) in [7, 11) is -1.08. The van der Waals surface area contributed by atoms with Gasteiger partial charge in [-0.3, -0.25) is 13.9 Å². The molecule has 0 saturated carbocycles. The average molecular weight is 600 g/mol. The summed E-state index contributed by atoms with van der Waals surface area (Å²) in [5.74, 6) is -0.583. The molecule has 3 aromatic carbocycles. The number of sulfonamides is 1. The van der Waals surface area contributed by atoms with Crippen LogP contribution in [0.5, 0.6) is 11.5 Å². The van der Waals surface area contributed by atoms with E-state index in [0.717, 1.165) is 16.1 Å². The first-order valence-corrected chi connectivity index (χ1v) is 15.3. The molecule has 0 radical (unpaired) electrons. The molecule has 0 aliphatic carbocycles. The van der Waals surface area contributed by atoms with E-state index in [0.29, 0.717) is 17.9 Å². The molecule has 1 N–H and O–H groups in total. The van der Waals surface area contributed by atoms with Crippen molar-refractivity contribution in [3.05, 3.63) is 89.7 Å². The SMILES string of the molecule is COc1ccc(N(CC(=O)N(Cc2ccc(F)cc2)C(Cc2ccccc2)C(=O)NCC(C)C)S(C)(=O)=O)cc1OC. The minimum Gasteiger partial charge on any atom is -0.493 e. The lowest BCUT2D eigenvalue weighted by Crippen LogP contribution is -2.53. The van der Waals surface area contributed by atoms with E-state index < -0.39 is 34.3 Å². The molecule has 0 aliphatic rings. The largest absolute Gasteiger partial charge is 0.493 e. The van der Waals surface area contributed by atoms with Crippen molar-refractivity contribution >= 4 is 27.5 Å². The number of hydrogen-bond donors (Lipinski definition) is 1. The van der Waals surface area contributed by atoms with Crippen LogP contribution < -0.4 is 19.1 Å². The Balaban J connectivity index is 2.06. The first kappa shape index (κ1) is 32.4. The molecule has 0 aromatic heterocycles. The highest BCUT2D eigenvalue weighted by Crippen LogP contribution is 2.32. The minimum absolute atomic E-state index is 0.0464. The predicted octanol–water partition coefficient (Wildman–Crippen LogP) is 4.02. The van der Waals surface area contributed by atoms with E-state index in [4.69, 9.17) is 9.47 Å². The van der Waals surface area contributed by atoms with Crippen LogP contribution in [0.2, 0.25) is 0 Å². The van der Waals surface area contributed by atoms with Gasteiger partial charge in [0.25, 0.3) is 0 Å². The van der Waals surface area contributed by atoms with Crippen molar-refractivity contribution in [3.8, 4) is 11.5 Å². The lowest BCUT2D eigenvalue weighted by Gasteiger charge is -2.33. The Morgan fingerprint density at radius 3 is 2.12 bits per heavy atom. The molecule has 9 nitrogen and oxygen atoms in total. The average Bonchev–Trinajstić information content (AvgIpc) is 2.96. The third kappa shape index (κ3) is 8.94. The minimum atomic E-state index is -3.96. The number of nitrogens with zero attached hydrogens (tertiary/aromatic N) is 2. The van der Waals surface area contributed by atoms with Gasteiger partial charge in [-0.25, -0.2) is 12.8 Å². The summed E-state index contributed by atoms with van der Waals surface area (Å²) in [6.45, 7) is 3.68. The number of ether oxygens (including phenoxy) is 2. The third-order valence-electron chi connectivity index (χ3n) is 6.56. The molecule has 11 heteroatoms. The van der Waals surface area contributed by atoms with Crippen LogP contribution in [0.3, 0.4) is 0 Å². The van der Waals surface area contributed by atoms with E-state index in [-0.39, 0.29) is 36.2 Å². The lowest BCUT2D eigenvalue weighted by molar-refractivity contribution is -0.140. The van der Waals surface area contributed by atoms with Crippen molar-refractivity contribution in [1.29, 1.82) is 0 Å². The molecule has 226 valence electrons. The second-order valence-electron chi connectivity index (χ2n) is 10.3. The second-order valence-corrected chi connectivity index (χ2v) is 12.2. The van der Waals surface area contributed by atoms with Crippen LogP contribution in [0.25, 0.3) is 0 Å². The van der Waals surface area contributed by atoms with Crippen LogP contribution in [-0.4, -0.2) is 64.7 Å². The number of amides is 2. The van der Waals surface area contributed by atoms with Crippen LogP contribution in [0.4, 0.5) is 10.1 Å². The van der Waals surface area contributed by atoms with Crippen LogP contribution >= 0.6 is 0 Å². The zero-order chi connectivity index (χ0) is 30.9. The summed E-state index contributed by atoms with van der Waals surface area (Å²) in [4.78, 5) is 29.1. The van der Waals surface area contributed by atoms with Crippen LogP contribution in [-0.2, 0) is 32.6 Å². The van der Waals surface area contributed by atoms with Gasteiger partial charge in [0.15, 0.2) is 11.5 Å². The Bertz CT molecular complexity index is 1450. The van der Waals surface area contributed by atoms with E-state index in [1.165, 1.54) is 55.5 Å². The fraction of sp³-hybridized carbons (Fsp3) is 0.355. The smallest absolute Gasteiger partial charge is 0.244 e. The molecule has 2 amide bonds. The molecule has 3 rings (SSSR count). The maximum Gasteiger partial charge on any atom is 0.244 e. The van der Waals surface area contributed by atoms with Crippen LogP contribution in [0.15, 0.2) is 72.8 Å². The Hall–Kier alpha value is -4.12. The van der Waals surface area contributed by atoms with Crippen LogP contribution in [0, 0.1) is 11.7 Å². The number of hydrogen-bond acceptors (Lipinski definition) is 6. The molecule has 3 aromatic rings. The second kappa shape index (κ2) is 14.7. The Morgan fingerprint density at radius 2 is 1.55 bits per heavy atom. The van der Waals surface area contributed by atoms with E-state index in [2.05, 4.69) is 5.32 Å². The van der Waals surface area contributed by atoms with Gasteiger partial charge in [-0.1, -0.05) is 56.3 Å². The van der Waals surface area contributed by atoms with Gasteiger partial charge in [-0.2, -0.15) is 0 Å². The van der Waals surface area contributed by atoms with Crippen molar-refractivity contribution in [1.82, 2.24) is 10.2 Å². The number of nitrogens with one attached hydrogen (secondary N) is 1. The Kier molecular flexibility index (Phi) is 11.3. The topological polar surface area (TPSA) is 105 Å². The third-order valence-corrected chi connectivity index (χ3v) is 7.70. The summed E-state index contributed by atoms with van der Waals surface area (Å²) in [5.41, 5.74) is 1.59. The molecule has 0 aliphatic heterocycles. The molecule has 0 fully saturated rings. The van der Waals surface area contributed by atoms with Crippen molar-refractivity contribution in [2.24, 2.45) is 5.92 Å². The van der Waals surface area contributed by atoms with Gasteiger partial charge in [-0.15, -0.1) is 0 Å². The normalized spacial score (nSPS) is 12.0. The number of anilines is 1. The number of carbonyl (C=O) groups is 2. The number of carbonyl (C=O) groups excluding carboxylic acids is 2. The molecule has 1 atom stereocenters. The molecule has 0 heterocycles. The van der Waals surface area contributed by atoms with E-state index in [1.54, 1.807) is 6.07 Å². The molecule has 0 bridgehead atoms. The van der Waals surface area contributed by atoms with Crippen molar-refractivity contribution < 1.29 is 31.9 Å². The fourth-order valence-electron chi connectivity index (χ4n) is 4.36. The maximum atomic E-state index is 14.1. The Labute approximate surface area is 247 Å². The van der Waals surface area contributed by atoms with Gasteiger partial charge in [0.05, 0.1) is 26.2 Å². The standard InChI is InChI=1S/C31H38FN3O6S/c1-22(2)19-33-31(37)27(17-23-9-7-6-8-10-23)34(20-24-11-13-25(32)14-12-24)30(36)21-35(42(5,38)39)26-15-16-28(40-3)29(18-26)41-4/h6-16,18,22,27H,17,19-21H2,1-5H3,(H,33,37). The van der Waals surface area contributed by atoms with E-state index in [9.17, 15) is 22.4 Å². The van der Waals surface area contributed by atoms with Crippen molar-refractivity contribution in [2.45, 2.75) is 32.9 Å². The number of rotatable bonds is 14. The van der Waals surface area contributed by atoms with Gasteiger partial charge in [0, 0.05) is 25.6 Å². The molecule has 1 unspecified atom stereocenters. The highest BCUT2D eigenvalue weighted by atomic mass is 32.2. The molecular formula is C31H38FN3O6S. The maximum absolute atomic E-state index is 14.1. The summed E-state index contributed by atoms with van der Waals surface area (Å²) >= 11 is 0. The Morgan fingerprint density at radius 1 is 0.905 bits per heavy atom. The fourth-order valence-corrected chi connectivity index (χ4v) is 5.20. The predicted molar refractivity (Wildman–Crippen MR) is 160 cm³/mol. The highest BCUT2D eigenvalue weighted by molar-refractivity contribution is 7.92. The molecule has 0 saturated heterocycles. The van der Waals surface area contributed by atoms with E-state index >= 15 is 0 Å². The highest BCUT2D eigenvalue weighted by Gasteiger charge is 2.33. The molecular weight excluding hydrogens is 561 g/mol. The zero-order valence-electron chi connectivity index (χ0n) is 24.5. The number of methoxy groups -OCH3 is 2. The van der Waals surface area contributed by atoms with Gasteiger partial charge in [-0.05, 0) is 41.3 Å².